The first-order valence-corrected chi connectivity index (χ1v) is 10.5. The molecule has 0 aliphatic rings. The van der Waals surface area contributed by atoms with Gasteiger partial charge < -0.3 is 14.4 Å². The molecule has 0 radical (unpaired) electrons. The molecule has 0 unspecified atom stereocenters. The summed E-state index contributed by atoms with van der Waals surface area (Å²) in [7, 11) is 1.66. The number of rotatable bonds is 9. The first kappa shape index (κ1) is 21.9. The zero-order valence-corrected chi connectivity index (χ0v) is 18.1. The molecule has 0 aliphatic carbocycles. The van der Waals surface area contributed by atoms with Crippen molar-refractivity contribution in [1.82, 2.24) is 24.6 Å². The number of aryl methyl sites for hydroxylation is 1. The van der Waals surface area contributed by atoms with Gasteiger partial charge in [-0.25, -0.2) is 0 Å². The summed E-state index contributed by atoms with van der Waals surface area (Å²) in [6.07, 6.45) is 0. The molecule has 152 valence electrons. The number of thioether (sulfide) groups is 1. The fraction of sp³-hybridized carbons (Fsp3) is 0.500. The minimum absolute atomic E-state index is 0.0376. The first-order valence-electron chi connectivity index (χ1n) is 9.56. The molecule has 2 amide bonds. The van der Waals surface area contributed by atoms with Crippen molar-refractivity contribution < 1.29 is 9.59 Å². The van der Waals surface area contributed by atoms with Gasteiger partial charge in [-0.3, -0.25) is 9.59 Å². The number of nitrogens with zero attached hydrogens (tertiary/aromatic N) is 5. The predicted molar refractivity (Wildman–Crippen MR) is 112 cm³/mol. The summed E-state index contributed by atoms with van der Waals surface area (Å²) < 4.78 is 2.02. The van der Waals surface area contributed by atoms with Crippen LogP contribution in [0.4, 0.5) is 0 Å². The molecule has 0 saturated heterocycles. The Kier molecular flexibility index (Phi) is 8.04. The van der Waals surface area contributed by atoms with Crippen LogP contribution >= 0.6 is 11.8 Å². The van der Waals surface area contributed by atoms with Crippen molar-refractivity contribution in [1.29, 1.82) is 0 Å². The molecule has 28 heavy (non-hydrogen) atoms. The standard InChI is InChI=1S/C20H29N5O2S/c1-6-24(7-2)17(26)13-23(5)18(27)14-28-20-22-21-19(25(20)8-3)16-12-10-9-11-15(16)4/h9-12H,6-8,13-14H2,1-5H3. The fourth-order valence-corrected chi connectivity index (χ4v) is 3.85. The summed E-state index contributed by atoms with van der Waals surface area (Å²) in [6, 6.07) is 8.05. The van der Waals surface area contributed by atoms with Crippen molar-refractivity contribution in [3.63, 3.8) is 0 Å². The summed E-state index contributed by atoms with van der Waals surface area (Å²) >= 11 is 1.35. The van der Waals surface area contributed by atoms with E-state index in [4.69, 9.17) is 0 Å². The Labute approximate surface area is 171 Å². The second-order valence-electron chi connectivity index (χ2n) is 6.47. The van der Waals surface area contributed by atoms with Crippen molar-refractivity contribution in [2.45, 2.75) is 39.4 Å². The highest BCUT2D eigenvalue weighted by Gasteiger charge is 2.19. The molecule has 0 N–H and O–H groups in total. The van der Waals surface area contributed by atoms with Crippen LogP contribution in [0, 0.1) is 6.92 Å². The van der Waals surface area contributed by atoms with E-state index in [0.29, 0.717) is 24.8 Å². The van der Waals surface area contributed by atoms with Crippen molar-refractivity contribution >= 4 is 23.6 Å². The maximum atomic E-state index is 12.5. The minimum atomic E-state index is -0.103. The van der Waals surface area contributed by atoms with E-state index in [2.05, 4.69) is 10.2 Å². The number of carbonyl (C=O) groups excluding carboxylic acids is 2. The van der Waals surface area contributed by atoms with E-state index in [0.717, 1.165) is 17.0 Å². The largest absolute Gasteiger partial charge is 0.342 e. The Bertz CT molecular complexity index is 817. The zero-order chi connectivity index (χ0) is 20.7. The van der Waals surface area contributed by atoms with E-state index < -0.39 is 0 Å². The predicted octanol–water partition coefficient (Wildman–Crippen LogP) is 2.69. The molecule has 0 bridgehead atoms. The molecule has 0 atom stereocenters. The van der Waals surface area contributed by atoms with Gasteiger partial charge in [0.05, 0.1) is 12.3 Å². The van der Waals surface area contributed by atoms with Crippen LogP contribution in [-0.4, -0.2) is 68.8 Å². The molecule has 1 aromatic heterocycles. The Morgan fingerprint density at radius 2 is 1.75 bits per heavy atom. The minimum Gasteiger partial charge on any atom is -0.342 e. The fourth-order valence-electron chi connectivity index (χ4n) is 2.91. The highest BCUT2D eigenvalue weighted by molar-refractivity contribution is 7.99. The second-order valence-corrected chi connectivity index (χ2v) is 7.41. The summed E-state index contributed by atoms with van der Waals surface area (Å²) in [4.78, 5) is 27.8. The first-order chi connectivity index (χ1) is 13.4. The average Bonchev–Trinajstić information content (AvgIpc) is 3.09. The highest BCUT2D eigenvalue weighted by Crippen LogP contribution is 2.26. The van der Waals surface area contributed by atoms with Gasteiger partial charge in [0.15, 0.2) is 11.0 Å². The van der Waals surface area contributed by atoms with E-state index in [1.54, 1.807) is 11.9 Å². The Balaban J connectivity index is 2.04. The van der Waals surface area contributed by atoms with Gasteiger partial charge in [0.1, 0.15) is 0 Å². The maximum Gasteiger partial charge on any atom is 0.242 e. The third kappa shape index (κ3) is 5.13. The Morgan fingerprint density at radius 3 is 2.36 bits per heavy atom. The van der Waals surface area contributed by atoms with Crippen molar-refractivity contribution in [2.75, 3.05) is 32.4 Å². The van der Waals surface area contributed by atoms with Crippen LogP contribution in [0.25, 0.3) is 11.4 Å². The number of benzene rings is 1. The van der Waals surface area contributed by atoms with Gasteiger partial charge in [0, 0.05) is 32.2 Å². The summed E-state index contributed by atoms with van der Waals surface area (Å²) in [5.74, 6) is 0.882. The van der Waals surface area contributed by atoms with Crippen LogP contribution in [0.5, 0.6) is 0 Å². The van der Waals surface area contributed by atoms with E-state index in [1.165, 1.54) is 16.7 Å². The van der Waals surface area contributed by atoms with Crippen LogP contribution in [0.1, 0.15) is 26.3 Å². The van der Waals surface area contributed by atoms with Gasteiger partial charge >= 0.3 is 0 Å². The van der Waals surface area contributed by atoms with E-state index in [-0.39, 0.29) is 24.1 Å². The topological polar surface area (TPSA) is 71.3 Å². The second kappa shape index (κ2) is 10.3. The van der Waals surface area contributed by atoms with Crippen molar-refractivity contribution in [2.24, 2.45) is 0 Å². The van der Waals surface area contributed by atoms with Crippen LogP contribution < -0.4 is 0 Å². The van der Waals surface area contributed by atoms with E-state index in [9.17, 15) is 9.59 Å². The van der Waals surface area contributed by atoms with Crippen LogP contribution in [0.3, 0.4) is 0 Å². The highest BCUT2D eigenvalue weighted by atomic mass is 32.2. The lowest BCUT2D eigenvalue weighted by Gasteiger charge is -2.23. The third-order valence-electron chi connectivity index (χ3n) is 4.66. The molecular formula is C20H29N5O2S. The molecule has 7 nitrogen and oxygen atoms in total. The molecular weight excluding hydrogens is 374 g/mol. The van der Waals surface area contributed by atoms with Gasteiger partial charge in [-0.1, -0.05) is 36.0 Å². The molecule has 0 fully saturated rings. The lowest BCUT2D eigenvalue weighted by Crippen LogP contribution is -2.41. The quantitative estimate of drug-likeness (QED) is 0.602. The maximum absolute atomic E-state index is 12.5. The molecule has 1 aromatic carbocycles. The smallest absolute Gasteiger partial charge is 0.242 e. The van der Waals surface area contributed by atoms with Crippen molar-refractivity contribution in [3.05, 3.63) is 29.8 Å². The van der Waals surface area contributed by atoms with Crippen LogP contribution in [0.2, 0.25) is 0 Å². The van der Waals surface area contributed by atoms with Gasteiger partial charge in [-0.2, -0.15) is 0 Å². The van der Waals surface area contributed by atoms with Crippen LogP contribution in [-0.2, 0) is 16.1 Å². The summed E-state index contributed by atoms with van der Waals surface area (Å²) in [5.41, 5.74) is 2.17. The number of carbonyl (C=O) groups is 2. The number of amides is 2. The lowest BCUT2D eigenvalue weighted by molar-refractivity contribution is -0.137. The molecule has 2 aromatic rings. The number of hydrogen-bond acceptors (Lipinski definition) is 5. The summed E-state index contributed by atoms with van der Waals surface area (Å²) in [5, 5.41) is 9.33. The van der Waals surface area contributed by atoms with Gasteiger partial charge in [0.2, 0.25) is 11.8 Å². The molecule has 0 spiro atoms. The molecule has 1 heterocycles. The van der Waals surface area contributed by atoms with Gasteiger partial charge in [-0.05, 0) is 33.3 Å². The molecule has 2 rings (SSSR count). The average molecular weight is 404 g/mol. The van der Waals surface area contributed by atoms with E-state index >= 15 is 0 Å². The van der Waals surface area contributed by atoms with Crippen LogP contribution in [0.15, 0.2) is 29.4 Å². The third-order valence-corrected chi connectivity index (χ3v) is 5.61. The Morgan fingerprint density at radius 1 is 1.07 bits per heavy atom. The monoisotopic (exact) mass is 403 g/mol. The normalized spacial score (nSPS) is 10.8. The number of hydrogen-bond donors (Lipinski definition) is 0. The van der Waals surface area contributed by atoms with E-state index in [1.807, 2.05) is 56.5 Å². The molecule has 8 heteroatoms. The summed E-state index contributed by atoms with van der Waals surface area (Å²) in [6.45, 7) is 10.0. The Hall–Kier alpha value is -2.35. The number of likely N-dealkylation sites (N-methyl/N-ethyl adjacent to an activating group) is 2. The van der Waals surface area contributed by atoms with Gasteiger partial charge in [0.25, 0.3) is 0 Å². The molecule has 0 aliphatic heterocycles. The lowest BCUT2D eigenvalue weighted by atomic mass is 10.1. The number of aromatic nitrogens is 3. The SMILES string of the molecule is CCN(CC)C(=O)CN(C)C(=O)CSc1nnc(-c2ccccc2C)n1CC. The molecule has 0 saturated carbocycles. The zero-order valence-electron chi connectivity index (χ0n) is 17.3. The van der Waals surface area contributed by atoms with Crippen molar-refractivity contribution in [3.8, 4) is 11.4 Å². The van der Waals surface area contributed by atoms with Gasteiger partial charge in [-0.15, -0.1) is 10.2 Å².